The van der Waals surface area contributed by atoms with E-state index in [4.69, 9.17) is 16.0 Å². The third-order valence-corrected chi connectivity index (χ3v) is 5.30. The van der Waals surface area contributed by atoms with E-state index >= 15 is 0 Å². The minimum Gasteiger partial charge on any atom is -0.459 e. The van der Waals surface area contributed by atoms with Crippen LogP contribution in [-0.4, -0.2) is 7.05 Å². The minimum atomic E-state index is -0.00648. The fourth-order valence-electron chi connectivity index (χ4n) is 2.42. The van der Waals surface area contributed by atoms with Gasteiger partial charge in [0.2, 0.25) is 0 Å². The van der Waals surface area contributed by atoms with Crippen LogP contribution in [0.5, 0.6) is 0 Å². The maximum Gasteiger partial charge on any atom is 0.137 e. The first-order valence-corrected chi connectivity index (χ1v) is 7.77. The van der Waals surface area contributed by atoms with Crippen LogP contribution in [0.3, 0.4) is 0 Å². The number of fused-ring (bicyclic) bond motifs is 1. The van der Waals surface area contributed by atoms with E-state index in [-0.39, 0.29) is 6.04 Å². The maximum atomic E-state index is 6.39. The molecule has 2 nitrogen and oxygen atoms in total. The van der Waals surface area contributed by atoms with Crippen molar-refractivity contribution >= 4 is 33.9 Å². The summed E-state index contributed by atoms with van der Waals surface area (Å²) in [5.74, 6) is 0.903. The molecule has 0 fully saturated rings. The summed E-state index contributed by atoms with van der Waals surface area (Å²) in [5, 5.41) is 7.34. The highest BCUT2D eigenvalue weighted by molar-refractivity contribution is 7.10. The summed E-state index contributed by atoms with van der Waals surface area (Å²) in [6.45, 7) is 4.09. The molecule has 4 heteroatoms. The Labute approximate surface area is 127 Å². The monoisotopic (exact) mass is 305 g/mol. The molecule has 2 heterocycles. The topological polar surface area (TPSA) is 25.2 Å². The van der Waals surface area contributed by atoms with Crippen molar-refractivity contribution in [2.24, 2.45) is 0 Å². The molecule has 0 amide bonds. The minimum absolute atomic E-state index is 0.00648. The van der Waals surface area contributed by atoms with Gasteiger partial charge in [-0.2, -0.15) is 0 Å². The Hall–Kier alpha value is -1.29. The molecular formula is C16H16ClNOS. The smallest absolute Gasteiger partial charge is 0.137 e. The number of nitrogens with one attached hydrogen (secondary N) is 1. The Morgan fingerprint density at radius 2 is 2.05 bits per heavy atom. The van der Waals surface area contributed by atoms with E-state index in [9.17, 15) is 0 Å². The van der Waals surface area contributed by atoms with Gasteiger partial charge in [0.05, 0.1) is 5.02 Å². The van der Waals surface area contributed by atoms with Crippen LogP contribution in [0, 0.1) is 13.8 Å². The van der Waals surface area contributed by atoms with Crippen molar-refractivity contribution in [3.63, 3.8) is 0 Å². The van der Waals surface area contributed by atoms with Crippen LogP contribution in [0.1, 0.15) is 27.8 Å². The van der Waals surface area contributed by atoms with E-state index in [1.165, 1.54) is 0 Å². The average Bonchev–Trinajstić information content (AvgIpc) is 2.99. The van der Waals surface area contributed by atoms with Crippen LogP contribution in [-0.2, 0) is 0 Å². The molecule has 1 unspecified atom stereocenters. The summed E-state index contributed by atoms with van der Waals surface area (Å²) in [6, 6.07) is 8.27. The van der Waals surface area contributed by atoms with Crippen molar-refractivity contribution < 1.29 is 4.42 Å². The number of rotatable bonds is 3. The molecular weight excluding hydrogens is 290 g/mol. The number of hydrogen-bond acceptors (Lipinski definition) is 3. The third-order valence-electron chi connectivity index (χ3n) is 3.52. The Morgan fingerprint density at radius 1 is 1.25 bits per heavy atom. The standard InChI is InChI=1S/C16H16ClNOS/c1-9-5-4-6-11-7-12(19-15(9)11)14(18-3)16-13(17)10(2)8-20-16/h4-8,14,18H,1-3H3. The van der Waals surface area contributed by atoms with Crippen LogP contribution < -0.4 is 5.32 Å². The highest BCUT2D eigenvalue weighted by Gasteiger charge is 2.22. The lowest BCUT2D eigenvalue weighted by Crippen LogP contribution is -2.16. The quantitative estimate of drug-likeness (QED) is 0.730. The van der Waals surface area contributed by atoms with Gasteiger partial charge < -0.3 is 9.73 Å². The SMILES string of the molecule is CNC(c1cc2cccc(C)c2o1)c1scc(C)c1Cl. The lowest BCUT2D eigenvalue weighted by atomic mass is 10.1. The summed E-state index contributed by atoms with van der Waals surface area (Å²) in [5.41, 5.74) is 3.21. The zero-order valence-corrected chi connectivity index (χ0v) is 13.2. The van der Waals surface area contributed by atoms with Crippen LogP contribution in [0.4, 0.5) is 0 Å². The van der Waals surface area contributed by atoms with Crippen LogP contribution in [0.2, 0.25) is 5.02 Å². The van der Waals surface area contributed by atoms with Gasteiger partial charge in [-0.15, -0.1) is 11.3 Å². The summed E-state index contributed by atoms with van der Waals surface area (Å²) in [4.78, 5) is 1.10. The number of aryl methyl sites for hydroxylation is 2. The predicted molar refractivity (Wildman–Crippen MR) is 85.9 cm³/mol. The second-order valence-corrected chi connectivity index (χ2v) is 6.25. The predicted octanol–water partition coefficient (Wildman–Crippen LogP) is 5.07. The molecule has 0 spiro atoms. The Balaban J connectivity index is 2.12. The molecule has 0 saturated heterocycles. The zero-order valence-electron chi connectivity index (χ0n) is 11.7. The van der Waals surface area contributed by atoms with Gasteiger partial charge in [-0.05, 0) is 43.5 Å². The second kappa shape index (κ2) is 5.24. The van der Waals surface area contributed by atoms with E-state index in [1.54, 1.807) is 11.3 Å². The average molecular weight is 306 g/mol. The number of benzene rings is 1. The molecule has 3 rings (SSSR count). The van der Waals surface area contributed by atoms with Crippen molar-refractivity contribution in [2.75, 3.05) is 7.05 Å². The number of hydrogen-bond donors (Lipinski definition) is 1. The summed E-state index contributed by atoms with van der Waals surface area (Å²) < 4.78 is 6.06. The molecule has 1 atom stereocenters. The van der Waals surface area contributed by atoms with Gasteiger partial charge in [0.1, 0.15) is 17.4 Å². The number of thiophene rings is 1. The van der Waals surface area contributed by atoms with E-state index in [1.807, 2.05) is 20.0 Å². The Morgan fingerprint density at radius 3 is 2.65 bits per heavy atom. The fraction of sp³-hybridized carbons (Fsp3) is 0.250. The maximum absolute atomic E-state index is 6.39. The lowest BCUT2D eigenvalue weighted by molar-refractivity contribution is 0.494. The summed E-state index contributed by atoms with van der Waals surface area (Å²) >= 11 is 8.05. The van der Waals surface area contributed by atoms with Gasteiger partial charge in [-0.1, -0.05) is 29.8 Å². The molecule has 0 aliphatic heterocycles. The second-order valence-electron chi connectivity index (χ2n) is 4.96. The zero-order chi connectivity index (χ0) is 14.3. The highest BCUT2D eigenvalue weighted by Crippen LogP contribution is 2.37. The van der Waals surface area contributed by atoms with Crippen molar-refractivity contribution in [1.29, 1.82) is 0 Å². The van der Waals surface area contributed by atoms with Gasteiger partial charge in [-0.25, -0.2) is 0 Å². The Bertz CT molecular complexity index is 759. The summed E-state index contributed by atoms with van der Waals surface area (Å²) in [7, 11) is 1.93. The van der Waals surface area contributed by atoms with Crippen molar-refractivity contribution in [3.8, 4) is 0 Å². The van der Waals surface area contributed by atoms with Gasteiger partial charge in [0.25, 0.3) is 0 Å². The molecule has 0 bridgehead atoms. The molecule has 104 valence electrons. The molecule has 2 aromatic heterocycles. The number of halogens is 1. The van der Waals surface area contributed by atoms with Crippen molar-refractivity contribution in [2.45, 2.75) is 19.9 Å². The van der Waals surface area contributed by atoms with Gasteiger partial charge >= 0.3 is 0 Å². The Kier molecular flexibility index (Phi) is 3.59. The van der Waals surface area contributed by atoms with Crippen molar-refractivity contribution in [3.05, 3.63) is 56.4 Å². The first kappa shape index (κ1) is 13.7. The lowest BCUT2D eigenvalue weighted by Gasteiger charge is -2.12. The van der Waals surface area contributed by atoms with Gasteiger partial charge in [-0.3, -0.25) is 0 Å². The van der Waals surface area contributed by atoms with Crippen molar-refractivity contribution in [1.82, 2.24) is 5.32 Å². The highest BCUT2D eigenvalue weighted by atomic mass is 35.5. The molecule has 0 radical (unpaired) electrons. The summed E-state index contributed by atoms with van der Waals surface area (Å²) in [6.07, 6.45) is 0. The van der Waals surface area contributed by atoms with E-state index < -0.39 is 0 Å². The first-order valence-electron chi connectivity index (χ1n) is 6.51. The first-order chi connectivity index (χ1) is 9.61. The van der Waals surface area contributed by atoms with Gasteiger partial charge in [0, 0.05) is 10.3 Å². The van der Waals surface area contributed by atoms with Crippen LogP contribution in [0.15, 0.2) is 34.1 Å². The third kappa shape index (κ3) is 2.16. The van der Waals surface area contributed by atoms with E-state index in [0.29, 0.717) is 0 Å². The largest absolute Gasteiger partial charge is 0.459 e. The van der Waals surface area contributed by atoms with Crippen LogP contribution >= 0.6 is 22.9 Å². The molecule has 1 N–H and O–H groups in total. The number of para-hydroxylation sites is 1. The molecule has 0 aliphatic carbocycles. The molecule has 0 saturated carbocycles. The van der Waals surface area contributed by atoms with Crippen LogP contribution in [0.25, 0.3) is 11.0 Å². The van der Waals surface area contributed by atoms with E-state index in [2.05, 4.69) is 35.8 Å². The van der Waals surface area contributed by atoms with E-state index in [0.717, 1.165) is 37.8 Å². The fourth-order valence-corrected chi connectivity index (χ4v) is 3.84. The molecule has 1 aromatic carbocycles. The van der Waals surface area contributed by atoms with Gasteiger partial charge in [0.15, 0.2) is 0 Å². The molecule has 0 aliphatic rings. The molecule has 3 aromatic rings. The normalized spacial score (nSPS) is 13.0. The number of furan rings is 1. The molecule has 20 heavy (non-hydrogen) atoms.